The molecule has 0 aliphatic heterocycles. The normalized spacial score (nSPS) is 12.0. The molecule has 0 bridgehead atoms. The molecule has 0 amide bonds. The van der Waals surface area contributed by atoms with Gasteiger partial charge in [-0.25, -0.2) is 18.1 Å². The number of benzene rings is 2. The third kappa shape index (κ3) is 7.80. The summed E-state index contributed by atoms with van der Waals surface area (Å²) in [7, 11) is -3.36. The monoisotopic (exact) mass is 388 g/mol. The van der Waals surface area contributed by atoms with Crippen LogP contribution in [0.25, 0.3) is 0 Å². The first-order valence-corrected chi connectivity index (χ1v) is 10.7. The van der Waals surface area contributed by atoms with E-state index in [1.165, 1.54) is 5.56 Å². The van der Waals surface area contributed by atoms with E-state index in [1.807, 2.05) is 55.5 Å². The quantitative estimate of drug-likeness (QED) is 0.454. The molecular formula is C20H28N4O2S. The maximum Gasteiger partial charge on any atom is 0.213 e. The molecular weight excluding hydrogens is 360 g/mol. The van der Waals surface area contributed by atoms with Gasteiger partial charge in [-0.15, -0.1) is 0 Å². The van der Waals surface area contributed by atoms with Crippen molar-refractivity contribution in [2.45, 2.75) is 26.9 Å². The van der Waals surface area contributed by atoms with Crippen molar-refractivity contribution >= 4 is 16.0 Å². The summed E-state index contributed by atoms with van der Waals surface area (Å²) in [6.07, 6.45) is 0. The maximum atomic E-state index is 12.2. The van der Waals surface area contributed by atoms with Gasteiger partial charge in [-0.2, -0.15) is 0 Å². The summed E-state index contributed by atoms with van der Waals surface area (Å²) in [6, 6.07) is 17.5. The zero-order valence-electron chi connectivity index (χ0n) is 15.9. The summed E-state index contributed by atoms with van der Waals surface area (Å²) in [5.74, 6) is 0.591. The molecule has 2 rings (SSSR count). The fourth-order valence-corrected chi connectivity index (χ4v) is 3.36. The third-order valence-corrected chi connectivity index (χ3v) is 5.34. The minimum Gasteiger partial charge on any atom is -0.357 e. The van der Waals surface area contributed by atoms with E-state index in [2.05, 4.69) is 33.3 Å². The lowest BCUT2D eigenvalue weighted by Gasteiger charge is -2.12. The first-order chi connectivity index (χ1) is 13.0. The van der Waals surface area contributed by atoms with Crippen LogP contribution in [0, 0.1) is 6.92 Å². The summed E-state index contributed by atoms with van der Waals surface area (Å²) in [5, 5.41) is 6.22. The van der Waals surface area contributed by atoms with Gasteiger partial charge in [-0.1, -0.05) is 54.6 Å². The third-order valence-electron chi connectivity index (χ3n) is 4.02. The highest BCUT2D eigenvalue weighted by Gasteiger charge is 2.10. The lowest BCUT2D eigenvalue weighted by molar-refractivity contribution is 0.580. The van der Waals surface area contributed by atoms with Crippen LogP contribution in [0.2, 0.25) is 0 Å². The van der Waals surface area contributed by atoms with E-state index >= 15 is 0 Å². The van der Waals surface area contributed by atoms with E-state index in [0.717, 1.165) is 11.1 Å². The highest BCUT2D eigenvalue weighted by molar-refractivity contribution is 7.89. The number of aryl methyl sites for hydroxylation is 1. The fraction of sp³-hybridized carbons (Fsp3) is 0.350. The molecule has 0 fully saturated rings. The number of aliphatic imine (C=N–C) groups is 1. The van der Waals surface area contributed by atoms with Gasteiger partial charge >= 0.3 is 0 Å². The Kier molecular flexibility index (Phi) is 8.29. The minimum atomic E-state index is -3.36. The van der Waals surface area contributed by atoms with Gasteiger partial charge in [0.05, 0.1) is 12.3 Å². The van der Waals surface area contributed by atoms with Crippen LogP contribution in [0.5, 0.6) is 0 Å². The molecule has 0 atom stereocenters. The van der Waals surface area contributed by atoms with Crippen LogP contribution < -0.4 is 15.4 Å². The smallest absolute Gasteiger partial charge is 0.213 e. The Morgan fingerprint density at radius 1 is 1.00 bits per heavy atom. The van der Waals surface area contributed by atoms with Crippen molar-refractivity contribution in [2.75, 3.05) is 18.8 Å². The summed E-state index contributed by atoms with van der Waals surface area (Å²) < 4.78 is 26.9. The molecule has 0 saturated carbocycles. The molecule has 7 heteroatoms. The zero-order valence-corrected chi connectivity index (χ0v) is 16.7. The highest BCUT2D eigenvalue weighted by Crippen LogP contribution is 2.07. The van der Waals surface area contributed by atoms with Gasteiger partial charge in [0.25, 0.3) is 0 Å². The number of hydrogen-bond acceptors (Lipinski definition) is 3. The number of nitrogens with zero attached hydrogens (tertiary/aromatic N) is 1. The van der Waals surface area contributed by atoms with Gasteiger partial charge < -0.3 is 10.6 Å². The molecule has 0 spiro atoms. The molecule has 2 aromatic carbocycles. The Morgan fingerprint density at radius 2 is 1.70 bits per heavy atom. The standard InChI is InChI=1S/C20H28N4O2S/c1-3-21-20(23-16-19-12-8-7-9-17(19)2)22-13-14-27(25,26)24-15-18-10-5-4-6-11-18/h4-12,24H,3,13-16H2,1-2H3,(H2,21,22,23). The van der Waals surface area contributed by atoms with Crippen LogP contribution >= 0.6 is 0 Å². The van der Waals surface area contributed by atoms with Gasteiger partial charge in [0.1, 0.15) is 0 Å². The molecule has 146 valence electrons. The fourth-order valence-electron chi connectivity index (χ4n) is 2.46. The molecule has 0 radical (unpaired) electrons. The van der Waals surface area contributed by atoms with E-state index in [0.29, 0.717) is 25.6 Å². The Hall–Kier alpha value is -2.38. The van der Waals surface area contributed by atoms with E-state index in [1.54, 1.807) is 0 Å². The number of rotatable bonds is 9. The van der Waals surface area contributed by atoms with Crippen molar-refractivity contribution in [3.63, 3.8) is 0 Å². The maximum absolute atomic E-state index is 12.2. The van der Waals surface area contributed by atoms with Crippen LogP contribution in [0.4, 0.5) is 0 Å². The summed E-state index contributed by atoms with van der Waals surface area (Å²) in [6.45, 7) is 5.85. The topological polar surface area (TPSA) is 82.6 Å². The first kappa shape index (κ1) is 20.9. The molecule has 3 N–H and O–H groups in total. The van der Waals surface area contributed by atoms with Crippen molar-refractivity contribution in [1.29, 1.82) is 0 Å². The van der Waals surface area contributed by atoms with Crippen molar-refractivity contribution in [2.24, 2.45) is 4.99 Å². The van der Waals surface area contributed by atoms with Crippen LogP contribution in [-0.2, 0) is 23.1 Å². The van der Waals surface area contributed by atoms with Crippen molar-refractivity contribution in [3.05, 3.63) is 71.3 Å². The van der Waals surface area contributed by atoms with Gasteiger partial charge in [0.15, 0.2) is 5.96 Å². The number of nitrogens with one attached hydrogen (secondary N) is 3. The predicted octanol–water partition coefficient (Wildman–Crippen LogP) is 2.17. The average Bonchev–Trinajstić information content (AvgIpc) is 2.66. The summed E-state index contributed by atoms with van der Waals surface area (Å²) in [4.78, 5) is 4.54. The molecule has 0 saturated heterocycles. The minimum absolute atomic E-state index is 0.0192. The molecule has 0 aliphatic carbocycles. The van der Waals surface area contributed by atoms with Crippen molar-refractivity contribution < 1.29 is 8.42 Å². The van der Waals surface area contributed by atoms with Crippen molar-refractivity contribution in [3.8, 4) is 0 Å². The Labute approximate surface area is 162 Å². The van der Waals surface area contributed by atoms with Crippen LogP contribution in [0.3, 0.4) is 0 Å². The van der Waals surface area contributed by atoms with E-state index in [4.69, 9.17) is 0 Å². The molecule has 2 aromatic rings. The van der Waals surface area contributed by atoms with Crippen LogP contribution in [-0.4, -0.2) is 33.2 Å². The lowest BCUT2D eigenvalue weighted by Crippen LogP contribution is -2.41. The van der Waals surface area contributed by atoms with Gasteiger partial charge in [0, 0.05) is 19.6 Å². The van der Waals surface area contributed by atoms with Gasteiger partial charge in [0.2, 0.25) is 10.0 Å². The molecule has 27 heavy (non-hydrogen) atoms. The second kappa shape index (κ2) is 10.7. The Bertz CT molecular complexity index is 836. The molecule has 0 aliphatic rings. The van der Waals surface area contributed by atoms with Crippen LogP contribution in [0.1, 0.15) is 23.6 Å². The molecule has 0 heterocycles. The SMILES string of the molecule is CCNC(=NCc1ccccc1C)NCCS(=O)(=O)NCc1ccccc1. The zero-order chi connectivity index (χ0) is 19.5. The predicted molar refractivity (Wildman–Crippen MR) is 111 cm³/mol. The van der Waals surface area contributed by atoms with E-state index < -0.39 is 10.0 Å². The van der Waals surface area contributed by atoms with E-state index in [-0.39, 0.29) is 12.3 Å². The van der Waals surface area contributed by atoms with Crippen LogP contribution in [0.15, 0.2) is 59.6 Å². The molecule has 0 aromatic heterocycles. The highest BCUT2D eigenvalue weighted by atomic mass is 32.2. The number of guanidine groups is 1. The number of hydrogen-bond donors (Lipinski definition) is 3. The summed E-state index contributed by atoms with van der Waals surface area (Å²) in [5.41, 5.74) is 3.26. The Morgan fingerprint density at radius 3 is 2.41 bits per heavy atom. The second-order valence-corrected chi connectivity index (χ2v) is 8.10. The average molecular weight is 389 g/mol. The van der Waals surface area contributed by atoms with E-state index in [9.17, 15) is 8.42 Å². The van der Waals surface area contributed by atoms with Crippen molar-refractivity contribution in [1.82, 2.24) is 15.4 Å². The lowest BCUT2D eigenvalue weighted by atomic mass is 10.1. The van der Waals surface area contributed by atoms with Gasteiger partial charge in [-0.3, -0.25) is 0 Å². The molecule has 0 unspecified atom stereocenters. The summed E-state index contributed by atoms with van der Waals surface area (Å²) >= 11 is 0. The first-order valence-electron chi connectivity index (χ1n) is 9.08. The molecule has 6 nitrogen and oxygen atoms in total. The largest absolute Gasteiger partial charge is 0.357 e. The van der Waals surface area contributed by atoms with Gasteiger partial charge in [-0.05, 0) is 30.5 Å². The Balaban J connectivity index is 1.84. The second-order valence-electron chi connectivity index (χ2n) is 6.17. The number of sulfonamides is 1.